The van der Waals surface area contributed by atoms with Crippen LogP contribution in [0.3, 0.4) is 0 Å². The molecule has 212 valence electrons. The van der Waals surface area contributed by atoms with Crippen LogP contribution >= 0.6 is 0 Å². The van der Waals surface area contributed by atoms with Crippen LogP contribution in [0, 0.1) is 23.7 Å². The third kappa shape index (κ3) is 4.88. The van der Waals surface area contributed by atoms with Crippen molar-refractivity contribution in [2.75, 3.05) is 13.2 Å². The molecule has 0 radical (unpaired) electrons. The number of hydrogen-bond acceptors (Lipinski definition) is 4. The zero-order valence-electron chi connectivity index (χ0n) is 24.2. The van der Waals surface area contributed by atoms with Gasteiger partial charge in [0.25, 0.3) is 5.56 Å². The van der Waals surface area contributed by atoms with Crippen LogP contribution in [0.1, 0.15) is 78.1 Å². The van der Waals surface area contributed by atoms with Crippen molar-refractivity contribution in [2.24, 2.45) is 23.7 Å². The molecule has 0 aliphatic heterocycles. The molecule has 1 N–H and O–H groups in total. The number of para-hydroxylation sites is 3. The average Bonchev–Trinajstić information content (AvgIpc) is 2.91. The molecule has 2 aromatic carbocycles. The lowest BCUT2D eigenvalue weighted by Gasteiger charge is -2.57. The standard InChI is InChI=1S/C33H42N4O3/c1-5-40-29-13-9-8-12-28(29)37-30(34-27-11-7-6-10-26(27)31(37)38)22(4)36(20-21(2)3)32(39)35-33-17-23-14-24(18-33)16-25(15-23)19-33/h6-13,21-25H,5,14-20H2,1-4H3,(H,35,39). The van der Waals surface area contributed by atoms with Gasteiger partial charge >= 0.3 is 6.03 Å². The Bertz CT molecular complexity index is 1430. The number of amides is 2. The molecule has 7 rings (SSSR count). The Morgan fingerprint density at radius 1 is 1.02 bits per heavy atom. The van der Waals surface area contributed by atoms with Gasteiger partial charge in [0.2, 0.25) is 0 Å². The molecule has 1 atom stereocenters. The van der Waals surface area contributed by atoms with Gasteiger partial charge in [-0.15, -0.1) is 0 Å². The summed E-state index contributed by atoms with van der Waals surface area (Å²) in [7, 11) is 0. The van der Waals surface area contributed by atoms with Crippen LogP contribution in [0.4, 0.5) is 4.79 Å². The maximum atomic E-state index is 14.2. The fraction of sp³-hybridized carbons (Fsp3) is 0.545. The molecule has 4 saturated carbocycles. The molecule has 4 aliphatic carbocycles. The molecule has 1 aromatic heterocycles. The lowest BCUT2D eigenvalue weighted by molar-refractivity contribution is -0.0166. The molecule has 0 spiro atoms. The molecule has 40 heavy (non-hydrogen) atoms. The van der Waals surface area contributed by atoms with Gasteiger partial charge in [-0.3, -0.25) is 9.36 Å². The second-order valence-corrected chi connectivity index (χ2v) is 12.9. The van der Waals surface area contributed by atoms with E-state index >= 15 is 0 Å². The average molecular weight is 543 g/mol. The number of carbonyl (C=O) groups is 1. The first-order valence-corrected chi connectivity index (χ1v) is 15.1. The van der Waals surface area contributed by atoms with Crippen LogP contribution in [0.5, 0.6) is 5.75 Å². The van der Waals surface area contributed by atoms with Gasteiger partial charge in [-0.2, -0.15) is 0 Å². The van der Waals surface area contributed by atoms with E-state index in [0.29, 0.717) is 41.3 Å². The molecular weight excluding hydrogens is 500 g/mol. The Morgan fingerprint density at radius 2 is 1.65 bits per heavy atom. The molecular formula is C33H42N4O3. The molecule has 1 heterocycles. The summed E-state index contributed by atoms with van der Waals surface area (Å²) in [4.78, 5) is 35.2. The number of fused-ring (bicyclic) bond motifs is 1. The minimum atomic E-state index is -0.441. The zero-order valence-corrected chi connectivity index (χ0v) is 24.2. The molecule has 3 aromatic rings. The molecule has 0 saturated heterocycles. The number of benzene rings is 2. The second kappa shape index (κ2) is 10.6. The van der Waals surface area contributed by atoms with Crippen LogP contribution in [-0.2, 0) is 0 Å². The fourth-order valence-electron chi connectivity index (χ4n) is 8.09. The van der Waals surface area contributed by atoms with Gasteiger partial charge in [0.15, 0.2) is 0 Å². The Morgan fingerprint density at radius 3 is 2.30 bits per heavy atom. The number of nitrogens with one attached hydrogen (secondary N) is 1. The minimum absolute atomic E-state index is 0.0461. The number of carbonyl (C=O) groups excluding carboxylic acids is 1. The van der Waals surface area contributed by atoms with Gasteiger partial charge < -0.3 is 15.0 Å². The van der Waals surface area contributed by atoms with Crippen LogP contribution in [0.2, 0.25) is 0 Å². The van der Waals surface area contributed by atoms with E-state index in [4.69, 9.17) is 9.72 Å². The van der Waals surface area contributed by atoms with Gasteiger partial charge in [-0.1, -0.05) is 38.1 Å². The Labute approximate surface area is 236 Å². The van der Waals surface area contributed by atoms with E-state index in [1.54, 1.807) is 4.57 Å². The van der Waals surface area contributed by atoms with E-state index < -0.39 is 6.04 Å². The van der Waals surface area contributed by atoms with E-state index in [-0.39, 0.29) is 23.0 Å². The number of rotatable bonds is 8. The molecule has 7 heteroatoms. The van der Waals surface area contributed by atoms with Crippen molar-refractivity contribution < 1.29 is 9.53 Å². The maximum absolute atomic E-state index is 14.2. The quantitative estimate of drug-likeness (QED) is 0.353. The monoisotopic (exact) mass is 542 g/mol. The summed E-state index contributed by atoms with van der Waals surface area (Å²) in [5.74, 6) is 3.63. The highest BCUT2D eigenvalue weighted by Crippen LogP contribution is 2.55. The first-order chi connectivity index (χ1) is 19.3. The van der Waals surface area contributed by atoms with Gasteiger partial charge in [-0.05, 0) is 100 Å². The normalized spacial score (nSPS) is 25.8. The minimum Gasteiger partial charge on any atom is -0.492 e. The Kier molecular flexibility index (Phi) is 7.09. The summed E-state index contributed by atoms with van der Waals surface area (Å²) in [5, 5.41) is 4.11. The largest absolute Gasteiger partial charge is 0.492 e. The van der Waals surface area contributed by atoms with Crippen molar-refractivity contribution in [1.29, 1.82) is 0 Å². The molecule has 4 aliphatic rings. The highest BCUT2D eigenvalue weighted by atomic mass is 16.5. The van der Waals surface area contributed by atoms with Gasteiger partial charge in [0.05, 0.1) is 29.2 Å². The number of aromatic nitrogens is 2. The molecule has 7 nitrogen and oxygen atoms in total. The van der Waals surface area contributed by atoms with Crippen molar-refractivity contribution in [3.63, 3.8) is 0 Å². The first-order valence-electron chi connectivity index (χ1n) is 15.1. The summed E-state index contributed by atoms with van der Waals surface area (Å²) in [6, 6.07) is 14.5. The van der Waals surface area contributed by atoms with Crippen LogP contribution in [0.15, 0.2) is 53.3 Å². The van der Waals surface area contributed by atoms with Gasteiger partial charge in [0, 0.05) is 12.1 Å². The number of hydrogen-bond donors (Lipinski definition) is 1. The van der Waals surface area contributed by atoms with Crippen LogP contribution in [0.25, 0.3) is 16.6 Å². The maximum Gasteiger partial charge on any atom is 0.318 e. The highest BCUT2D eigenvalue weighted by Gasteiger charge is 2.52. The first kappa shape index (κ1) is 26.9. The van der Waals surface area contributed by atoms with Gasteiger partial charge in [0.1, 0.15) is 11.6 Å². The summed E-state index contributed by atoms with van der Waals surface area (Å²) >= 11 is 0. The second-order valence-electron chi connectivity index (χ2n) is 12.9. The third-order valence-electron chi connectivity index (χ3n) is 9.28. The smallest absolute Gasteiger partial charge is 0.318 e. The molecule has 1 unspecified atom stereocenters. The van der Waals surface area contributed by atoms with Crippen LogP contribution in [-0.4, -0.2) is 39.2 Å². The summed E-state index contributed by atoms with van der Waals surface area (Å²) in [5.41, 5.74) is 1.01. The number of urea groups is 1. The molecule has 4 fully saturated rings. The lowest BCUT2D eigenvalue weighted by Crippen LogP contribution is -2.62. The van der Waals surface area contributed by atoms with Crippen molar-refractivity contribution in [3.05, 3.63) is 64.7 Å². The van der Waals surface area contributed by atoms with Crippen molar-refractivity contribution >= 4 is 16.9 Å². The third-order valence-corrected chi connectivity index (χ3v) is 9.28. The van der Waals surface area contributed by atoms with Crippen molar-refractivity contribution in [1.82, 2.24) is 19.8 Å². The number of nitrogens with zero attached hydrogens (tertiary/aromatic N) is 3. The van der Waals surface area contributed by atoms with E-state index in [9.17, 15) is 9.59 Å². The summed E-state index contributed by atoms with van der Waals surface area (Å²) in [6.07, 6.45) is 7.26. The topological polar surface area (TPSA) is 76.5 Å². The van der Waals surface area contributed by atoms with E-state index in [1.165, 1.54) is 19.3 Å². The summed E-state index contributed by atoms with van der Waals surface area (Å²) < 4.78 is 7.60. The van der Waals surface area contributed by atoms with Gasteiger partial charge in [-0.25, -0.2) is 9.78 Å². The van der Waals surface area contributed by atoms with Crippen LogP contribution < -0.4 is 15.6 Å². The number of ether oxygens (including phenoxy) is 1. The highest BCUT2D eigenvalue weighted by molar-refractivity contribution is 5.79. The SMILES string of the molecule is CCOc1ccccc1-n1c(C(C)N(CC(C)C)C(=O)NC23CC4CC(CC(C4)C2)C3)nc2ccccc2c1=O. The van der Waals surface area contributed by atoms with Crippen molar-refractivity contribution in [2.45, 2.75) is 77.8 Å². The molecule has 2 amide bonds. The molecule has 4 bridgehead atoms. The predicted molar refractivity (Wildman–Crippen MR) is 158 cm³/mol. The lowest BCUT2D eigenvalue weighted by atomic mass is 9.53. The van der Waals surface area contributed by atoms with E-state index in [2.05, 4.69) is 19.2 Å². The predicted octanol–water partition coefficient (Wildman–Crippen LogP) is 6.48. The van der Waals surface area contributed by atoms with Crippen molar-refractivity contribution in [3.8, 4) is 11.4 Å². The Hall–Kier alpha value is -3.35. The Balaban J connectivity index is 1.42. The fourth-order valence-corrected chi connectivity index (χ4v) is 8.09. The summed E-state index contributed by atoms with van der Waals surface area (Å²) in [6.45, 7) is 9.23. The zero-order chi connectivity index (χ0) is 28.0. The van der Waals surface area contributed by atoms with E-state index in [0.717, 1.165) is 37.0 Å². The van der Waals surface area contributed by atoms with E-state index in [1.807, 2.05) is 67.3 Å².